The van der Waals surface area contributed by atoms with E-state index in [9.17, 15) is 14.4 Å². The maximum absolute atomic E-state index is 11.7. The minimum absolute atomic E-state index is 0.0297. The highest BCUT2D eigenvalue weighted by atomic mass is 16.4. The minimum Gasteiger partial charge on any atom is -0.481 e. The van der Waals surface area contributed by atoms with Crippen LogP contribution in [-0.4, -0.2) is 23.0 Å². The molecule has 3 amide bonds. The van der Waals surface area contributed by atoms with E-state index in [-0.39, 0.29) is 12.8 Å². The minimum atomic E-state index is -0.971. The van der Waals surface area contributed by atoms with E-state index >= 15 is 0 Å². The zero-order chi connectivity index (χ0) is 15.9. The molecule has 0 saturated heterocycles. The first-order valence-corrected chi connectivity index (χ1v) is 6.62. The first kappa shape index (κ1) is 16.7. The van der Waals surface area contributed by atoms with Crippen LogP contribution in [0.3, 0.4) is 0 Å². The van der Waals surface area contributed by atoms with E-state index < -0.39 is 23.3 Å². The Kier molecular flexibility index (Phi) is 5.90. The summed E-state index contributed by atoms with van der Waals surface area (Å²) >= 11 is 0. The van der Waals surface area contributed by atoms with Crippen LogP contribution in [0.4, 0.5) is 4.79 Å². The zero-order valence-corrected chi connectivity index (χ0v) is 12.2. The van der Waals surface area contributed by atoms with Crippen LogP contribution >= 0.6 is 0 Å². The van der Waals surface area contributed by atoms with Gasteiger partial charge in [-0.2, -0.15) is 0 Å². The molecule has 0 fully saturated rings. The van der Waals surface area contributed by atoms with Gasteiger partial charge in [-0.05, 0) is 11.0 Å². The van der Waals surface area contributed by atoms with Crippen LogP contribution in [0.1, 0.15) is 32.3 Å². The molecule has 6 nitrogen and oxygen atoms in total. The van der Waals surface area contributed by atoms with Crippen LogP contribution in [-0.2, 0) is 16.1 Å². The van der Waals surface area contributed by atoms with Crippen molar-refractivity contribution in [2.75, 3.05) is 0 Å². The average Bonchev–Trinajstić information content (AvgIpc) is 2.35. The summed E-state index contributed by atoms with van der Waals surface area (Å²) in [6.45, 7) is 3.66. The van der Waals surface area contributed by atoms with E-state index in [1.54, 1.807) is 13.8 Å². The molecule has 0 bridgehead atoms. The molecule has 0 aliphatic carbocycles. The highest BCUT2D eigenvalue weighted by Gasteiger charge is 2.25. The number of amides is 3. The van der Waals surface area contributed by atoms with Crippen molar-refractivity contribution in [1.29, 1.82) is 0 Å². The lowest BCUT2D eigenvalue weighted by Crippen LogP contribution is -2.40. The van der Waals surface area contributed by atoms with Crippen molar-refractivity contribution in [1.82, 2.24) is 10.6 Å². The van der Waals surface area contributed by atoms with E-state index in [0.717, 1.165) is 5.56 Å². The van der Waals surface area contributed by atoms with Gasteiger partial charge in [0.2, 0.25) is 5.91 Å². The maximum Gasteiger partial charge on any atom is 0.321 e. The molecule has 0 spiro atoms. The summed E-state index contributed by atoms with van der Waals surface area (Å²) in [4.78, 5) is 33.9. The monoisotopic (exact) mass is 292 g/mol. The predicted molar refractivity (Wildman–Crippen MR) is 77.5 cm³/mol. The highest BCUT2D eigenvalue weighted by molar-refractivity contribution is 5.94. The Morgan fingerprint density at radius 1 is 1.10 bits per heavy atom. The summed E-state index contributed by atoms with van der Waals surface area (Å²) in [5.41, 5.74) is 0.224. The summed E-state index contributed by atoms with van der Waals surface area (Å²) < 4.78 is 0. The summed E-state index contributed by atoms with van der Waals surface area (Å²) in [6, 6.07) is 8.71. The van der Waals surface area contributed by atoms with Gasteiger partial charge in [0.15, 0.2) is 0 Å². The molecule has 0 aliphatic heterocycles. The Morgan fingerprint density at radius 2 is 1.71 bits per heavy atom. The molecule has 0 atom stereocenters. The largest absolute Gasteiger partial charge is 0.481 e. The fourth-order valence-corrected chi connectivity index (χ4v) is 1.90. The van der Waals surface area contributed by atoms with Crippen LogP contribution < -0.4 is 10.6 Å². The first-order chi connectivity index (χ1) is 9.78. The van der Waals surface area contributed by atoms with Gasteiger partial charge in [0.25, 0.3) is 0 Å². The number of carboxylic acid groups (broad SMARTS) is 1. The molecule has 3 N–H and O–H groups in total. The van der Waals surface area contributed by atoms with Crippen LogP contribution in [0.25, 0.3) is 0 Å². The summed E-state index contributed by atoms with van der Waals surface area (Å²) in [5.74, 6) is -1.46. The van der Waals surface area contributed by atoms with Crippen molar-refractivity contribution in [3.8, 4) is 0 Å². The first-order valence-electron chi connectivity index (χ1n) is 6.62. The Bertz CT molecular complexity index is 512. The maximum atomic E-state index is 11.7. The van der Waals surface area contributed by atoms with Gasteiger partial charge < -0.3 is 10.4 Å². The number of imide groups is 1. The fraction of sp³-hybridized carbons (Fsp3) is 0.400. The van der Waals surface area contributed by atoms with Crippen LogP contribution in [0.15, 0.2) is 30.3 Å². The lowest BCUT2D eigenvalue weighted by atomic mass is 9.85. The number of carbonyl (C=O) groups excluding carboxylic acids is 2. The van der Waals surface area contributed by atoms with E-state index in [2.05, 4.69) is 10.6 Å². The lowest BCUT2D eigenvalue weighted by Gasteiger charge is -2.21. The molecule has 0 unspecified atom stereocenters. The van der Waals surface area contributed by atoms with Gasteiger partial charge in [0.05, 0.1) is 6.42 Å². The quantitative estimate of drug-likeness (QED) is 0.746. The third kappa shape index (κ3) is 7.10. The Balaban J connectivity index is 2.37. The van der Waals surface area contributed by atoms with Gasteiger partial charge in [-0.3, -0.25) is 14.9 Å². The van der Waals surface area contributed by atoms with E-state index in [0.29, 0.717) is 6.54 Å². The molecule has 0 radical (unpaired) electrons. The normalized spacial score (nSPS) is 10.8. The number of nitrogens with one attached hydrogen (secondary N) is 2. The molecule has 0 aromatic heterocycles. The van der Waals surface area contributed by atoms with Crippen LogP contribution in [0, 0.1) is 5.41 Å². The zero-order valence-electron chi connectivity index (χ0n) is 12.2. The van der Waals surface area contributed by atoms with Gasteiger partial charge >= 0.3 is 12.0 Å². The Hall–Kier alpha value is -2.37. The van der Waals surface area contributed by atoms with Crippen molar-refractivity contribution in [3.63, 3.8) is 0 Å². The molecular weight excluding hydrogens is 272 g/mol. The van der Waals surface area contributed by atoms with E-state index in [1.807, 2.05) is 30.3 Å². The number of carboxylic acids is 1. The summed E-state index contributed by atoms with van der Waals surface area (Å²) in [6.07, 6.45) is -0.163. The van der Waals surface area contributed by atoms with Crippen molar-refractivity contribution in [3.05, 3.63) is 35.9 Å². The molecule has 1 aromatic carbocycles. The average molecular weight is 292 g/mol. The van der Waals surface area contributed by atoms with Gasteiger partial charge in [0, 0.05) is 13.0 Å². The molecule has 114 valence electrons. The second-order valence-electron chi connectivity index (χ2n) is 5.63. The molecule has 0 aliphatic rings. The molecule has 6 heteroatoms. The third-order valence-corrected chi connectivity index (χ3v) is 2.82. The molecular formula is C15H20N2O4. The Morgan fingerprint density at radius 3 is 2.29 bits per heavy atom. The lowest BCUT2D eigenvalue weighted by molar-refractivity contribution is -0.139. The number of hydrogen-bond acceptors (Lipinski definition) is 3. The highest BCUT2D eigenvalue weighted by Crippen LogP contribution is 2.24. The summed E-state index contributed by atoms with van der Waals surface area (Å²) in [7, 11) is 0. The third-order valence-electron chi connectivity index (χ3n) is 2.82. The summed E-state index contributed by atoms with van der Waals surface area (Å²) in [5, 5.41) is 13.5. The number of aliphatic carboxylic acids is 1. The number of carbonyl (C=O) groups is 3. The smallest absolute Gasteiger partial charge is 0.321 e. The van der Waals surface area contributed by atoms with E-state index in [4.69, 9.17) is 5.11 Å². The number of hydrogen-bond donors (Lipinski definition) is 3. The number of urea groups is 1. The van der Waals surface area contributed by atoms with Crippen molar-refractivity contribution >= 4 is 17.9 Å². The van der Waals surface area contributed by atoms with Crippen LogP contribution in [0.5, 0.6) is 0 Å². The Labute approximate surface area is 123 Å². The van der Waals surface area contributed by atoms with Gasteiger partial charge in [-0.1, -0.05) is 44.2 Å². The van der Waals surface area contributed by atoms with Gasteiger partial charge in [-0.25, -0.2) is 4.79 Å². The second-order valence-corrected chi connectivity index (χ2v) is 5.63. The van der Waals surface area contributed by atoms with Crippen molar-refractivity contribution in [2.45, 2.75) is 33.2 Å². The van der Waals surface area contributed by atoms with Crippen molar-refractivity contribution in [2.24, 2.45) is 5.41 Å². The number of rotatable bonds is 6. The second kappa shape index (κ2) is 7.42. The predicted octanol–water partition coefficient (Wildman–Crippen LogP) is 1.90. The van der Waals surface area contributed by atoms with Crippen LogP contribution in [0.2, 0.25) is 0 Å². The molecule has 21 heavy (non-hydrogen) atoms. The topological polar surface area (TPSA) is 95.5 Å². The molecule has 1 aromatic rings. The standard InChI is InChI=1S/C15H20N2O4/c1-15(2,9-13(19)20)8-12(18)17-14(21)16-10-11-6-4-3-5-7-11/h3-7H,8-10H2,1-2H3,(H,19,20)(H2,16,17,18,21). The SMILES string of the molecule is CC(C)(CC(=O)O)CC(=O)NC(=O)NCc1ccccc1. The fourth-order valence-electron chi connectivity index (χ4n) is 1.90. The van der Waals surface area contributed by atoms with Gasteiger partial charge in [0.1, 0.15) is 0 Å². The molecule has 0 saturated carbocycles. The molecule has 0 heterocycles. The van der Waals surface area contributed by atoms with Crippen molar-refractivity contribution < 1.29 is 19.5 Å². The van der Waals surface area contributed by atoms with E-state index in [1.165, 1.54) is 0 Å². The molecule has 1 rings (SSSR count). The number of benzene rings is 1. The van der Waals surface area contributed by atoms with Gasteiger partial charge in [-0.15, -0.1) is 0 Å².